The zero-order chi connectivity index (χ0) is 40.0. The zero-order valence-corrected chi connectivity index (χ0v) is 34.3. The van der Waals surface area contributed by atoms with E-state index >= 15 is 0 Å². The van der Waals surface area contributed by atoms with Gasteiger partial charge in [-0.25, -0.2) is 17.6 Å². The van der Waals surface area contributed by atoms with Gasteiger partial charge in [0.05, 0.1) is 13.2 Å². The summed E-state index contributed by atoms with van der Waals surface area (Å²) in [6.45, 7) is 6.99. The van der Waals surface area contributed by atoms with Gasteiger partial charge < -0.3 is 19.7 Å². The Hall–Kier alpha value is -3.33. The fourth-order valence-electron chi connectivity index (χ4n) is 6.82. The number of hydrogen-bond donors (Lipinski definition) is 2. The van der Waals surface area contributed by atoms with Gasteiger partial charge in [-0.1, -0.05) is 62.1 Å². The van der Waals surface area contributed by atoms with Gasteiger partial charge in [-0.2, -0.15) is 0 Å². The van der Waals surface area contributed by atoms with Crippen molar-refractivity contribution >= 4 is 8.25 Å². The second-order valence-electron chi connectivity index (χ2n) is 14.8. The average molecular weight is 797 g/mol. The van der Waals surface area contributed by atoms with E-state index in [9.17, 15) is 22.1 Å². The highest BCUT2D eigenvalue weighted by Crippen LogP contribution is 2.24. The van der Waals surface area contributed by atoms with Crippen molar-refractivity contribution in [2.45, 2.75) is 117 Å². The van der Waals surface area contributed by atoms with Gasteiger partial charge in [0.1, 0.15) is 23.3 Å². The summed E-state index contributed by atoms with van der Waals surface area (Å²) in [4.78, 5) is 0. The Bertz CT molecular complexity index is 1630. The molecule has 0 aliphatic carbocycles. The molecule has 0 aliphatic rings. The summed E-state index contributed by atoms with van der Waals surface area (Å²) in [5, 5.41) is 6.64. The highest BCUT2D eigenvalue weighted by Gasteiger charge is 2.10. The summed E-state index contributed by atoms with van der Waals surface area (Å²) in [5.74, 6) is -0.751. The van der Waals surface area contributed by atoms with Crippen molar-refractivity contribution in [1.82, 2.24) is 10.6 Å². The van der Waals surface area contributed by atoms with Gasteiger partial charge in [-0.15, -0.1) is 0 Å². The van der Waals surface area contributed by atoms with Crippen LogP contribution < -0.4 is 10.6 Å². The molecule has 0 unspecified atom stereocenters. The van der Waals surface area contributed by atoms with Crippen LogP contribution in [0.4, 0.5) is 17.6 Å². The molecule has 4 aromatic rings. The molecular formula is C46H61F4N2O3P. The van der Waals surface area contributed by atoms with Crippen molar-refractivity contribution in [3.63, 3.8) is 0 Å². The molecule has 0 atom stereocenters. The summed E-state index contributed by atoms with van der Waals surface area (Å²) in [7, 11) is -2.58. The van der Waals surface area contributed by atoms with Crippen LogP contribution in [0, 0.1) is 37.1 Å². The lowest BCUT2D eigenvalue weighted by Crippen LogP contribution is -2.17. The molecule has 0 fully saturated rings. The lowest BCUT2D eigenvalue weighted by atomic mass is 9.99. The van der Waals surface area contributed by atoms with E-state index in [2.05, 4.69) is 10.6 Å². The molecule has 56 heavy (non-hydrogen) atoms. The van der Waals surface area contributed by atoms with Crippen LogP contribution >= 0.6 is 8.25 Å². The van der Waals surface area contributed by atoms with Gasteiger partial charge in [0.2, 0.25) is 0 Å². The van der Waals surface area contributed by atoms with Crippen LogP contribution in [0.15, 0.2) is 72.8 Å². The predicted molar refractivity (Wildman–Crippen MR) is 220 cm³/mol. The predicted octanol–water partition coefficient (Wildman–Crippen LogP) is 11.6. The Morgan fingerprint density at radius 1 is 0.482 bits per heavy atom. The van der Waals surface area contributed by atoms with Crippen molar-refractivity contribution in [1.29, 1.82) is 0 Å². The van der Waals surface area contributed by atoms with E-state index in [4.69, 9.17) is 9.05 Å². The van der Waals surface area contributed by atoms with E-state index in [1.54, 1.807) is 12.1 Å². The van der Waals surface area contributed by atoms with Crippen LogP contribution in [0.3, 0.4) is 0 Å². The number of nitrogens with one attached hydrogen (secondary N) is 2. The third kappa shape index (κ3) is 17.4. The number of unbranched alkanes of at least 4 members (excludes halogenated alkanes) is 6. The lowest BCUT2D eigenvalue weighted by molar-refractivity contribution is 0.220. The molecular weight excluding hydrogens is 735 g/mol. The molecule has 306 valence electrons. The van der Waals surface area contributed by atoms with Gasteiger partial charge in [0.25, 0.3) is 0 Å². The van der Waals surface area contributed by atoms with Crippen molar-refractivity contribution in [2.24, 2.45) is 0 Å². The SMILES string of the molecule is Cc1cc(CCCCCCc2ccc(F)cc2)c(F)cc1CNCCCO[PH](=O)OCCCNCc1cc(F)c(CCCCCCc2ccc(F)cc2)cc1C. The number of halogens is 4. The molecule has 0 bridgehead atoms. The minimum Gasteiger partial charge on any atom is -0.313 e. The maximum absolute atomic E-state index is 14.8. The lowest BCUT2D eigenvalue weighted by Gasteiger charge is -2.12. The highest BCUT2D eigenvalue weighted by molar-refractivity contribution is 7.33. The molecule has 0 aliphatic heterocycles. The van der Waals surface area contributed by atoms with Gasteiger partial charge in [0, 0.05) is 13.1 Å². The summed E-state index contributed by atoms with van der Waals surface area (Å²) < 4.78 is 78.6. The number of benzene rings is 4. The van der Waals surface area contributed by atoms with Crippen molar-refractivity contribution < 1.29 is 31.2 Å². The molecule has 10 heteroatoms. The van der Waals surface area contributed by atoms with E-state index < -0.39 is 8.25 Å². The van der Waals surface area contributed by atoms with Crippen LogP contribution in [0.25, 0.3) is 0 Å². The smallest absolute Gasteiger partial charge is 0.313 e. The van der Waals surface area contributed by atoms with E-state index in [1.165, 1.54) is 24.3 Å². The minimum atomic E-state index is -2.58. The number of rotatable bonds is 28. The second-order valence-corrected chi connectivity index (χ2v) is 15.9. The Kier molecular flexibility index (Phi) is 20.9. The topological polar surface area (TPSA) is 59.6 Å². The maximum Gasteiger partial charge on any atom is 0.319 e. The van der Waals surface area contributed by atoms with Crippen LogP contribution in [0.2, 0.25) is 0 Å². The molecule has 2 N–H and O–H groups in total. The monoisotopic (exact) mass is 796 g/mol. The third-order valence-corrected chi connectivity index (χ3v) is 11.1. The van der Waals surface area contributed by atoms with E-state index in [0.717, 1.165) is 109 Å². The first kappa shape index (κ1) is 45.4. The number of hydrogen-bond acceptors (Lipinski definition) is 5. The molecule has 0 radical (unpaired) electrons. The summed E-state index contributed by atoms with van der Waals surface area (Å²) in [6.07, 6.45) is 12.7. The first-order chi connectivity index (χ1) is 27.2. The molecule has 0 heterocycles. The third-order valence-electron chi connectivity index (χ3n) is 10.2. The van der Waals surface area contributed by atoms with Gasteiger partial charge in [0.15, 0.2) is 0 Å². The normalized spacial score (nSPS) is 11.6. The molecule has 0 spiro atoms. The first-order valence-electron chi connectivity index (χ1n) is 20.4. The standard InChI is InChI=1S/C46H61F4N2O3P/c1-35-29-39(15-9-5-3-7-13-37-17-21-43(47)22-18-37)45(49)31-41(35)33-51-25-11-27-54-56(53)55-28-12-26-52-34-42-32-46(50)40(30-36(42)2)16-10-6-4-8-14-38-19-23-44(48)24-20-38/h17-24,29-32,51-52,56H,3-16,25-28,33-34H2,1-2H3. The zero-order valence-electron chi connectivity index (χ0n) is 33.3. The molecule has 0 saturated heterocycles. The first-order valence-corrected chi connectivity index (χ1v) is 21.7. The summed E-state index contributed by atoms with van der Waals surface area (Å²) in [6, 6.07) is 20.5. The molecule has 5 nitrogen and oxygen atoms in total. The van der Waals surface area contributed by atoms with Gasteiger partial charge in [-0.3, -0.25) is 4.57 Å². The van der Waals surface area contributed by atoms with Crippen LogP contribution in [0.5, 0.6) is 0 Å². The van der Waals surface area contributed by atoms with E-state index in [0.29, 0.717) is 65.1 Å². The van der Waals surface area contributed by atoms with Crippen LogP contribution in [-0.2, 0) is 52.4 Å². The van der Waals surface area contributed by atoms with Crippen molar-refractivity contribution in [3.8, 4) is 0 Å². The molecule has 0 saturated carbocycles. The quantitative estimate of drug-likeness (QED) is 0.0341. The average Bonchev–Trinajstić information content (AvgIpc) is 3.18. The van der Waals surface area contributed by atoms with Gasteiger partial charge in [-0.05, 0) is 172 Å². The highest BCUT2D eigenvalue weighted by atomic mass is 31.1. The Morgan fingerprint density at radius 2 is 0.857 bits per heavy atom. The fraction of sp³-hybridized carbons (Fsp3) is 0.478. The molecule has 4 rings (SSSR count). The second kappa shape index (κ2) is 25.8. The molecule has 4 aromatic carbocycles. The maximum atomic E-state index is 14.8. The minimum absolute atomic E-state index is 0.166. The Balaban J connectivity index is 0.974. The van der Waals surface area contributed by atoms with E-state index in [1.807, 2.05) is 50.2 Å². The largest absolute Gasteiger partial charge is 0.319 e. The van der Waals surface area contributed by atoms with Crippen molar-refractivity contribution in [3.05, 3.63) is 141 Å². The Morgan fingerprint density at radius 3 is 1.25 bits per heavy atom. The molecule has 0 amide bonds. The Labute approximate surface area is 332 Å². The summed E-state index contributed by atoms with van der Waals surface area (Å²) in [5.41, 5.74) is 7.77. The fourth-order valence-corrected chi connectivity index (χ4v) is 7.53. The van der Waals surface area contributed by atoms with Crippen LogP contribution in [0.1, 0.15) is 109 Å². The van der Waals surface area contributed by atoms with Crippen molar-refractivity contribution in [2.75, 3.05) is 26.3 Å². The van der Waals surface area contributed by atoms with Gasteiger partial charge >= 0.3 is 8.25 Å². The number of aryl methyl sites for hydroxylation is 6. The summed E-state index contributed by atoms with van der Waals surface area (Å²) >= 11 is 0. The van der Waals surface area contributed by atoms with Crippen LogP contribution in [-0.4, -0.2) is 26.3 Å². The molecule has 0 aromatic heterocycles. The van der Waals surface area contributed by atoms with E-state index in [-0.39, 0.29) is 23.3 Å².